The van der Waals surface area contributed by atoms with Crippen molar-refractivity contribution in [2.24, 2.45) is 7.05 Å². The van der Waals surface area contributed by atoms with Gasteiger partial charge in [-0.25, -0.2) is 4.98 Å². The van der Waals surface area contributed by atoms with Crippen molar-refractivity contribution in [3.8, 4) is 6.07 Å². The molecular formula is C22H28N8O2. The highest BCUT2D eigenvalue weighted by Crippen LogP contribution is 2.32. The number of likely N-dealkylation sites (N-methyl/N-ethyl adjacent to an activating group) is 1. The molecule has 168 valence electrons. The molecule has 1 fully saturated rings. The summed E-state index contributed by atoms with van der Waals surface area (Å²) in [4.78, 5) is 21.3. The molecule has 0 bridgehead atoms. The zero-order valence-corrected chi connectivity index (χ0v) is 18.6. The molecular weight excluding hydrogens is 408 g/mol. The molecule has 1 aliphatic rings. The Kier molecular flexibility index (Phi) is 5.84. The van der Waals surface area contributed by atoms with Gasteiger partial charge in [-0.1, -0.05) is 13.3 Å². The van der Waals surface area contributed by atoms with Crippen LogP contribution >= 0.6 is 0 Å². The first-order valence-corrected chi connectivity index (χ1v) is 10.8. The maximum absolute atomic E-state index is 13.4. The molecule has 10 nitrogen and oxygen atoms in total. The Morgan fingerprint density at radius 1 is 1.34 bits per heavy atom. The van der Waals surface area contributed by atoms with Crippen molar-refractivity contribution in [2.75, 3.05) is 25.0 Å². The van der Waals surface area contributed by atoms with Crippen LogP contribution in [0.2, 0.25) is 0 Å². The van der Waals surface area contributed by atoms with Gasteiger partial charge in [0.15, 0.2) is 5.65 Å². The van der Waals surface area contributed by atoms with Crippen LogP contribution in [-0.4, -0.2) is 66.0 Å². The largest absolute Gasteiger partial charge is 0.380 e. The topological polar surface area (TPSA) is 116 Å². The van der Waals surface area contributed by atoms with E-state index in [0.717, 1.165) is 24.2 Å². The highest BCUT2D eigenvalue weighted by molar-refractivity contribution is 5.85. The van der Waals surface area contributed by atoms with Gasteiger partial charge in [0.05, 0.1) is 17.8 Å². The first-order chi connectivity index (χ1) is 15.4. The minimum absolute atomic E-state index is 0.128. The van der Waals surface area contributed by atoms with Crippen LogP contribution in [0.3, 0.4) is 0 Å². The predicted octanol–water partition coefficient (Wildman–Crippen LogP) is 1.67. The van der Waals surface area contributed by atoms with Gasteiger partial charge in [-0.15, -0.1) is 0 Å². The summed E-state index contributed by atoms with van der Waals surface area (Å²) in [7, 11) is 3.62. The van der Waals surface area contributed by atoms with Crippen molar-refractivity contribution in [3.63, 3.8) is 0 Å². The summed E-state index contributed by atoms with van der Waals surface area (Å²) >= 11 is 0. The monoisotopic (exact) mass is 436 g/mol. The number of nitriles is 1. The number of anilines is 1. The smallest absolute Gasteiger partial charge is 0.254 e. The van der Waals surface area contributed by atoms with E-state index in [-0.39, 0.29) is 11.9 Å². The van der Waals surface area contributed by atoms with E-state index in [1.54, 1.807) is 33.4 Å². The lowest BCUT2D eigenvalue weighted by Gasteiger charge is -2.41. The van der Waals surface area contributed by atoms with Crippen molar-refractivity contribution in [1.29, 1.82) is 5.26 Å². The molecule has 1 amide bonds. The predicted molar refractivity (Wildman–Crippen MR) is 118 cm³/mol. The standard InChI is InChI=1S/C22H28N8O2/c1-4-5-18(17-13-25-27(2)14-17)28(3)21(31)22(32)8-10-29(11-9-22)19-7-6-16(12-23)20-24-15-26-30(19)20/h6-7,13-15,18,32H,4-5,8-11H2,1-3H3. The van der Waals surface area contributed by atoms with Crippen molar-refractivity contribution in [1.82, 2.24) is 29.3 Å². The number of hydrogen-bond acceptors (Lipinski definition) is 7. The first-order valence-electron chi connectivity index (χ1n) is 10.8. The molecule has 0 spiro atoms. The Labute approximate surface area is 186 Å². The Bertz CT molecular complexity index is 1150. The lowest BCUT2D eigenvalue weighted by atomic mass is 9.88. The molecule has 1 unspecified atom stereocenters. The van der Waals surface area contributed by atoms with E-state index in [2.05, 4.69) is 33.1 Å². The Balaban J connectivity index is 1.50. The fourth-order valence-electron chi connectivity index (χ4n) is 4.48. The molecule has 0 aliphatic carbocycles. The summed E-state index contributed by atoms with van der Waals surface area (Å²) in [6.07, 6.45) is 7.44. The van der Waals surface area contributed by atoms with Crippen LogP contribution < -0.4 is 4.90 Å². The molecule has 3 aromatic rings. The molecule has 1 aliphatic heterocycles. The average Bonchev–Trinajstić information content (AvgIpc) is 3.46. The number of pyridine rings is 1. The number of rotatable bonds is 6. The average molecular weight is 437 g/mol. The quantitative estimate of drug-likeness (QED) is 0.625. The minimum atomic E-state index is -1.42. The van der Waals surface area contributed by atoms with Crippen LogP contribution in [0, 0.1) is 11.3 Å². The van der Waals surface area contributed by atoms with Crippen molar-refractivity contribution in [2.45, 2.75) is 44.2 Å². The SMILES string of the molecule is CCCC(c1cnn(C)c1)N(C)C(=O)C1(O)CCN(c2ccc(C#N)c3ncnn23)CC1. The highest BCUT2D eigenvalue weighted by Gasteiger charge is 2.43. The summed E-state index contributed by atoms with van der Waals surface area (Å²) in [5.41, 5.74) is 0.500. The zero-order valence-electron chi connectivity index (χ0n) is 18.6. The van der Waals surface area contributed by atoms with E-state index in [1.165, 1.54) is 6.33 Å². The van der Waals surface area contributed by atoms with E-state index < -0.39 is 5.60 Å². The third-order valence-corrected chi connectivity index (χ3v) is 6.30. The molecule has 3 aromatic heterocycles. The number of piperidine rings is 1. The zero-order chi connectivity index (χ0) is 22.9. The summed E-state index contributed by atoms with van der Waals surface area (Å²) < 4.78 is 3.36. The molecule has 0 saturated carbocycles. The van der Waals surface area contributed by atoms with Crippen LogP contribution in [0.4, 0.5) is 5.82 Å². The number of carbonyl (C=O) groups excluding carboxylic acids is 1. The van der Waals surface area contributed by atoms with Crippen LogP contribution in [0.5, 0.6) is 0 Å². The maximum atomic E-state index is 13.4. The van der Waals surface area contributed by atoms with E-state index >= 15 is 0 Å². The van der Waals surface area contributed by atoms with Gasteiger partial charge in [0.25, 0.3) is 5.91 Å². The highest BCUT2D eigenvalue weighted by atomic mass is 16.3. The fourth-order valence-corrected chi connectivity index (χ4v) is 4.48. The van der Waals surface area contributed by atoms with Crippen LogP contribution in [0.1, 0.15) is 49.8 Å². The molecule has 10 heteroatoms. The van der Waals surface area contributed by atoms with E-state index in [4.69, 9.17) is 0 Å². The molecule has 1 N–H and O–H groups in total. The lowest BCUT2D eigenvalue weighted by Crippen LogP contribution is -2.55. The van der Waals surface area contributed by atoms with Crippen LogP contribution in [0.25, 0.3) is 5.65 Å². The number of amides is 1. The molecule has 0 radical (unpaired) electrons. The van der Waals surface area contributed by atoms with Gasteiger partial charge in [0, 0.05) is 51.8 Å². The summed E-state index contributed by atoms with van der Waals surface area (Å²) in [5.74, 6) is 0.531. The van der Waals surface area contributed by atoms with E-state index in [9.17, 15) is 15.2 Å². The van der Waals surface area contributed by atoms with E-state index in [0.29, 0.717) is 37.1 Å². The third-order valence-electron chi connectivity index (χ3n) is 6.30. The summed E-state index contributed by atoms with van der Waals surface area (Å²) in [6, 6.07) is 5.55. The lowest BCUT2D eigenvalue weighted by molar-refractivity contribution is -0.154. The number of nitrogens with zero attached hydrogens (tertiary/aromatic N) is 8. The van der Waals surface area contributed by atoms with Crippen molar-refractivity contribution < 1.29 is 9.90 Å². The van der Waals surface area contributed by atoms with Gasteiger partial charge in [-0.3, -0.25) is 9.48 Å². The Hall–Kier alpha value is -3.45. The van der Waals surface area contributed by atoms with Gasteiger partial charge in [0.2, 0.25) is 0 Å². The molecule has 32 heavy (non-hydrogen) atoms. The number of carbonyl (C=O) groups is 1. The fraction of sp³-hybridized carbons (Fsp3) is 0.500. The molecule has 4 rings (SSSR count). The third kappa shape index (κ3) is 3.80. The number of aliphatic hydroxyl groups is 1. The van der Waals surface area contributed by atoms with Crippen LogP contribution in [-0.2, 0) is 11.8 Å². The number of aromatic nitrogens is 5. The molecule has 1 atom stereocenters. The first kappa shape index (κ1) is 21.8. The number of aryl methyl sites for hydroxylation is 1. The maximum Gasteiger partial charge on any atom is 0.254 e. The number of hydrogen-bond donors (Lipinski definition) is 1. The number of fused-ring (bicyclic) bond motifs is 1. The van der Waals surface area contributed by atoms with Crippen molar-refractivity contribution >= 4 is 17.4 Å². The van der Waals surface area contributed by atoms with Crippen molar-refractivity contribution in [3.05, 3.63) is 42.0 Å². The summed E-state index contributed by atoms with van der Waals surface area (Å²) in [6.45, 7) is 3.06. The van der Waals surface area contributed by atoms with E-state index in [1.807, 2.05) is 19.3 Å². The van der Waals surface area contributed by atoms with Crippen LogP contribution in [0.15, 0.2) is 30.9 Å². The van der Waals surface area contributed by atoms with Gasteiger partial charge >= 0.3 is 0 Å². The Morgan fingerprint density at radius 2 is 2.09 bits per heavy atom. The Morgan fingerprint density at radius 3 is 2.72 bits per heavy atom. The second-order valence-corrected chi connectivity index (χ2v) is 8.40. The van der Waals surface area contributed by atoms with Gasteiger partial charge in [0.1, 0.15) is 23.8 Å². The van der Waals surface area contributed by atoms with Gasteiger partial charge in [-0.05, 0) is 18.6 Å². The summed E-state index contributed by atoms with van der Waals surface area (Å²) in [5, 5.41) is 29.1. The molecule has 0 aromatic carbocycles. The molecule has 1 saturated heterocycles. The molecule has 4 heterocycles. The second-order valence-electron chi connectivity index (χ2n) is 8.40. The van der Waals surface area contributed by atoms with Gasteiger partial charge < -0.3 is 14.9 Å². The minimum Gasteiger partial charge on any atom is -0.380 e. The second kappa shape index (κ2) is 8.59. The van der Waals surface area contributed by atoms with Gasteiger partial charge in [-0.2, -0.15) is 20.0 Å². The normalized spacial score (nSPS) is 16.7.